The van der Waals surface area contributed by atoms with Gasteiger partial charge < -0.3 is 35.1 Å². The molecule has 0 spiro atoms. The number of nitrogens with one attached hydrogen (secondary N) is 1. The number of thiazole rings is 1. The van der Waals surface area contributed by atoms with Crippen LogP contribution >= 0.6 is 11.3 Å². The van der Waals surface area contributed by atoms with Crippen molar-refractivity contribution in [1.82, 2.24) is 10.3 Å². The zero-order chi connectivity index (χ0) is 14.2. The number of rotatable bonds is 4. The molecule has 1 aromatic heterocycles. The van der Waals surface area contributed by atoms with Crippen LogP contribution in [0.5, 0.6) is 0 Å². The Morgan fingerprint density at radius 1 is 1.29 bits per heavy atom. The third-order valence-electron chi connectivity index (χ3n) is 2.98. The summed E-state index contributed by atoms with van der Waals surface area (Å²) in [5, 5.41) is 6.71. The minimum atomic E-state index is 0. The van der Waals surface area contributed by atoms with Crippen LogP contribution in [-0.2, 0) is 23.6 Å². The summed E-state index contributed by atoms with van der Waals surface area (Å²) < 4.78 is 0. The number of aromatic nitrogens is 1. The van der Waals surface area contributed by atoms with Gasteiger partial charge in [0.15, 0.2) is 0 Å². The number of hydrogen-bond donors (Lipinski definition) is 1. The predicted octanol–water partition coefficient (Wildman–Crippen LogP) is 4.42. The van der Waals surface area contributed by atoms with Gasteiger partial charge in [-0.2, -0.15) is 24.7 Å². The monoisotopic (exact) mass is 340 g/mol. The Bertz CT molecular complexity index is 553. The van der Waals surface area contributed by atoms with Crippen molar-refractivity contribution >= 4 is 11.3 Å². The summed E-state index contributed by atoms with van der Waals surface area (Å²) >= 11 is 1.70. The number of nitrogens with zero attached hydrogens (tertiary/aromatic N) is 1. The van der Waals surface area contributed by atoms with E-state index < -0.39 is 0 Å². The van der Waals surface area contributed by atoms with Crippen LogP contribution in [0.2, 0.25) is 0 Å². The van der Waals surface area contributed by atoms with Crippen LogP contribution in [0.4, 0.5) is 0 Å². The largest absolute Gasteiger partial charge is 0.748 e. The zero-order valence-electron chi connectivity index (χ0n) is 12.3. The summed E-state index contributed by atoms with van der Waals surface area (Å²) in [5.41, 5.74) is 2.47. The van der Waals surface area contributed by atoms with Gasteiger partial charge in [0.1, 0.15) is 0 Å². The molecule has 2 aromatic carbocycles. The van der Waals surface area contributed by atoms with E-state index in [9.17, 15) is 0 Å². The van der Waals surface area contributed by atoms with Crippen molar-refractivity contribution in [2.24, 2.45) is 0 Å². The van der Waals surface area contributed by atoms with Gasteiger partial charge in [0.05, 0.1) is 10.7 Å². The van der Waals surface area contributed by atoms with E-state index in [2.05, 4.69) is 46.9 Å². The maximum absolute atomic E-state index is 4.47. The first kappa shape index (κ1) is 17.9. The number of aryl methyl sites for hydroxylation is 1. The first-order chi connectivity index (χ1) is 9.75. The van der Waals surface area contributed by atoms with Gasteiger partial charge in [0.25, 0.3) is 0 Å². The molecule has 118 valence electrons. The Morgan fingerprint density at radius 2 is 1.95 bits per heavy atom. The molecule has 3 rings (SSSR count). The summed E-state index contributed by atoms with van der Waals surface area (Å²) in [6.07, 6.45) is 0. The van der Waals surface area contributed by atoms with Crippen molar-refractivity contribution in [3.05, 3.63) is 76.2 Å². The molecule has 0 bridgehead atoms. The Balaban J connectivity index is 0.000000313. The van der Waals surface area contributed by atoms with E-state index in [0.717, 1.165) is 17.2 Å². The molecule has 0 amide bonds. The molecular weight excluding hydrogens is 320 g/mol. The zero-order valence-corrected chi connectivity index (χ0v) is 14.2. The third kappa shape index (κ3) is 6.40. The van der Waals surface area contributed by atoms with Crippen LogP contribution in [0.15, 0.2) is 60.0 Å². The van der Waals surface area contributed by atoms with Gasteiger partial charge in [-0.05, 0) is 13.8 Å². The molecule has 4 heteroatoms. The Kier molecular flexibility index (Phi) is 8.24. The van der Waals surface area contributed by atoms with E-state index in [0.29, 0.717) is 6.04 Å². The summed E-state index contributed by atoms with van der Waals surface area (Å²) in [7, 11) is 0. The van der Waals surface area contributed by atoms with Crippen LogP contribution in [0.1, 0.15) is 29.2 Å². The van der Waals surface area contributed by atoms with Crippen molar-refractivity contribution in [3.8, 4) is 0 Å². The molecule has 0 aliphatic heterocycles. The van der Waals surface area contributed by atoms with E-state index in [-0.39, 0.29) is 17.1 Å². The van der Waals surface area contributed by atoms with Crippen molar-refractivity contribution in [2.45, 2.75) is 26.4 Å². The van der Waals surface area contributed by atoms with Gasteiger partial charge in [-0.1, -0.05) is 0 Å². The Labute approximate surface area is 141 Å². The summed E-state index contributed by atoms with van der Waals surface area (Å²) in [5.74, 6) is 0. The normalized spacial score (nSPS) is 11.1. The van der Waals surface area contributed by atoms with Gasteiger partial charge >= 0.3 is 0 Å². The molecule has 0 radical (unpaired) electrons. The topological polar surface area (TPSA) is 24.9 Å². The number of hydrogen-bond acceptors (Lipinski definition) is 3. The predicted molar refractivity (Wildman–Crippen MR) is 86.2 cm³/mol. The molecule has 0 fully saturated rings. The van der Waals surface area contributed by atoms with Crippen molar-refractivity contribution < 1.29 is 17.1 Å². The van der Waals surface area contributed by atoms with Crippen molar-refractivity contribution in [2.75, 3.05) is 0 Å². The van der Waals surface area contributed by atoms with E-state index in [1.54, 1.807) is 11.3 Å². The quantitative estimate of drug-likeness (QED) is 0.562. The fourth-order valence-electron chi connectivity index (χ4n) is 1.81. The SMILES string of the molecule is Cc1nc(C(C)NC[c-]2[cH-][cH-][cH-][cH-]2)cs1.[Fe].c1cc[cH-]c1. The maximum atomic E-state index is 4.47. The molecule has 0 saturated carbocycles. The van der Waals surface area contributed by atoms with E-state index in [1.807, 2.05) is 37.3 Å². The molecule has 1 N–H and O–H groups in total. The average molecular weight is 340 g/mol. The van der Waals surface area contributed by atoms with Crippen molar-refractivity contribution in [3.63, 3.8) is 0 Å². The van der Waals surface area contributed by atoms with Crippen LogP contribution < -0.4 is 5.32 Å². The van der Waals surface area contributed by atoms with E-state index in [4.69, 9.17) is 0 Å². The molecule has 3 aromatic rings. The van der Waals surface area contributed by atoms with Gasteiger partial charge in [-0.3, -0.25) is 0 Å². The molecule has 1 unspecified atom stereocenters. The molecule has 0 aliphatic carbocycles. The Hall–Kier alpha value is -1.19. The fourth-order valence-corrected chi connectivity index (χ4v) is 2.51. The first-order valence-electron chi connectivity index (χ1n) is 6.78. The molecule has 21 heavy (non-hydrogen) atoms. The molecule has 0 aliphatic rings. The minimum absolute atomic E-state index is 0. The standard InChI is InChI=1S/C12H15N2S.C5H5.Fe/c1-9(12-8-15-10(2)14-12)13-7-11-5-3-4-6-11;1-2-4-5-3-1;/h3-6,8-9,13H,7H2,1-2H3;1-5H;/q-5;-1;. The molecule has 1 heterocycles. The molecule has 2 nitrogen and oxygen atoms in total. The molecular formula is C17H20FeN2S-6. The molecule has 1 atom stereocenters. The van der Waals surface area contributed by atoms with Crippen molar-refractivity contribution in [1.29, 1.82) is 0 Å². The third-order valence-corrected chi connectivity index (χ3v) is 3.77. The van der Waals surface area contributed by atoms with Gasteiger partial charge in [0.2, 0.25) is 0 Å². The fraction of sp³-hybridized carbons (Fsp3) is 0.235. The summed E-state index contributed by atoms with van der Waals surface area (Å²) in [6.45, 7) is 5.10. The average Bonchev–Trinajstić information content (AvgIpc) is 3.19. The molecule has 0 saturated heterocycles. The second kappa shape index (κ2) is 9.69. The maximum Gasteiger partial charge on any atom is 0.0898 e. The van der Waals surface area contributed by atoms with Crippen LogP contribution in [-0.4, -0.2) is 4.98 Å². The van der Waals surface area contributed by atoms with E-state index in [1.165, 1.54) is 5.56 Å². The minimum Gasteiger partial charge on any atom is -0.748 e. The van der Waals surface area contributed by atoms with E-state index >= 15 is 0 Å². The smallest absolute Gasteiger partial charge is 0.0898 e. The second-order valence-electron chi connectivity index (χ2n) is 4.65. The van der Waals surface area contributed by atoms with Crippen LogP contribution in [0.3, 0.4) is 0 Å². The van der Waals surface area contributed by atoms with Gasteiger partial charge in [-0.25, -0.2) is 17.1 Å². The Morgan fingerprint density at radius 3 is 2.43 bits per heavy atom. The second-order valence-corrected chi connectivity index (χ2v) is 5.71. The van der Waals surface area contributed by atoms with Crippen LogP contribution in [0, 0.1) is 6.92 Å². The van der Waals surface area contributed by atoms with Gasteiger partial charge in [-0.15, -0.1) is 11.3 Å². The van der Waals surface area contributed by atoms with Crippen LogP contribution in [0.25, 0.3) is 0 Å². The summed E-state index contributed by atoms with van der Waals surface area (Å²) in [6, 6.07) is 18.7. The first-order valence-corrected chi connectivity index (χ1v) is 7.66. The van der Waals surface area contributed by atoms with Gasteiger partial charge in [0, 0.05) is 28.5 Å². The summed E-state index contributed by atoms with van der Waals surface area (Å²) in [4.78, 5) is 4.47.